The summed E-state index contributed by atoms with van der Waals surface area (Å²) >= 11 is 6.45. The van der Waals surface area contributed by atoms with Gasteiger partial charge in [0.2, 0.25) is 5.91 Å². The van der Waals surface area contributed by atoms with Crippen LogP contribution in [-0.4, -0.2) is 23.3 Å². The normalized spacial score (nSPS) is 21.3. The number of rotatable bonds is 2. The van der Waals surface area contributed by atoms with E-state index in [-0.39, 0.29) is 23.4 Å². The summed E-state index contributed by atoms with van der Waals surface area (Å²) in [6.45, 7) is 0.340. The highest BCUT2D eigenvalue weighted by molar-refractivity contribution is 7.14. The Morgan fingerprint density at radius 3 is 2.76 bits per heavy atom. The van der Waals surface area contributed by atoms with Crippen LogP contribution in [0.2, 0.25) is 0 Å². The van der Waals surface area contributed by atoms with Gasteiger partial charge in [0.15, 0.2) is 10.8 Å². The zero-order valence-electron chi connectivity index (χ0n) is 8.50. The molecular formula is C9H8ClF3N2OS. The monoisotopic (exact) mass is 284 g/mol. The summed E-state index contributed by atoms with van der Waals surface area (Å²) in [6.07, 6.45) is -4.20. The van der Waals surface area contributed by atoms with E-state index in [1.807, 2.05) is 0 Å². The fourth-order valence-corrected chi connectivity index (χ4v) is 2.65. The zero-order chi connectivity index (χ0) is 12.6. The van der Waals surface area contributed by atoms with Gasteiger partial charge in [-0.1, -0.05) is 0 Å². The van der Waals surface area contributed by atoms with Crippen LogP contribution in [0.4, 0.5) is 18.3 Å². The first-order chi connectivity index (χ1) is 7.91. The van der Waals surface area contributed by atoms with Crippen molar-refractivity contribution in [2.24, 2.45) is 5.92 Å². The number of nitrogens with zero attached hydrogens (tertiary/aromatic N) is 2. The van der Waals surface area contributed by atoms with E-state index in [1.54, 1.807) is 0 Å². The van der Waals surface area contributed by atoms with Crippen molar-refractivity contribution in [1.29, 1.82) is 0 Å². The Hall–Kier alpha value is -0.820. The van der Waals surface area contributed by atoms with Gasteiger partial charge in [-0.05, 0) is 5.92 Å². The Balaban J connectivity index is 2.19. The highest BCUT2D eigenvalue weighted by Crippen LogP contribution is 2.35. The van der Waals surface area contributed by atoms with E-state index in [9.17, 15) is 18.0 Å². The molecular weight excluding hydrogens is 277 g/mol. The molecule has 0 radical (unpaired) electrons. The lowest BCUT2D eigenvalue weighted by atomic mass is 10.2. The van der Waals surface area contributed by atoms with E-state index < -0.39 is 11.9 Å². The molecule has 0 N–H and O–H groups in total. The van der Waals surface area contributed by atoms with Crippen LogP contribution in [0.15, 0.2) is 5.38 Å². The number of anilines is 1. The van der Waals surface area contributed by atoms with Crippen LogP contribution < -0.4 is 4.90 Å². The second-order valence-electron chi connectivity index (χ2n) is 3.74. The molecule has 2 rings (SSSR count). The molecule has 2 heterocycles. The minimum Gasteiger partial charge on any atom is -0.288 e. The third-order valence-electron chi connectivity index (χ3n) is 2.44. The molecule has 17 heavy (non-hydrogen) atoms. The van der Waals surface area contributed by atoms with Crippen molar-refractivity contribution in [3.63, 3.8) is 0 Å². The molecule has 3 nitrogen and oxygen atoms in total. The van der Waals surface area contributed by atoms with Crippen LogP contribution in [0.5, 0.6) is 0 Å². The van der Waals surface area contributed by atoms with Gasteiger partial charge in [0.1, 0.15) is 0 Å². The summed E-state index contributed by atoms with van der Waals surface area (Å²) < 4.78 is 37.0. The highest BCUT2D eigenvalue weighted by Gasteiger charge is 2.37. The molecule has 8 heteroatoms. The lowest BCUT2D eigenvalue weighted by Gasteiger charge is -2.11. The Bertz CT molecular complexity index is 434. The summed E-state index contributed by atoms with van der Waals surface area (Å²) in [4.78, 5) is 16.3. The van der Waals surface area contributed by atoms with Crippen LogP contribution in [0.3, 0.4) is 0 Å². The molecule has 1 unspecified atom stereocenters. The molecule has 1 aliphatic rings. The lowest BCUT2D eigenvalue weighted by molar-refractivity contribution is -0.140. The van der Waals surface area contributed by atoms with E-state index in [0.717, 1.165) is 16.7 Å². The summed E-state index contributed by atoms with van der Waals surface area (Å²) in [5, 5.41) is 1.01. The summed E-state index contributed by atoms with van der Waals surface area (Å²) in [5.74, 6) is 0.0841. The molecule has 0 aliphatic carbocycles. The number of hydrogen-bond donors (Lipinski definition) is 0. The van der Waals surface area contributed by atoms with E-state index in [4.69, 9.17) is 11.6 Å². The largest absolute Gasteiger partial charge is 0.434 e. The quantitative estimate of drug-likeness (QED) is 0.783. The van der Waals surface area contributed by atoms with E-state index in [1.165, 1.54) is 4.90 Å². The third kappa shape index (κ3) is 2.55. The minimum atomic E-state index is -4.47. The van der Waals surface area contributed by atoms with E-state index in [0.29, 0.717) is 12.4 Å². The molecule has 1 aromatic rings. The lowest BCUT2D eigenvalue weighted by Crippen LogP contribution is -2.24. The van der Waals surface area contributed by atoms with Gasteiger partial charge in [0.25, 0.3) is 0 Å². The second-order valence-corrected chi connectivity index (χ2v) is 4.89. The number of aromatic nitrogens is 1. The number of thiazole rings is 1. The molecule has 0 saturated carbocycles. The first-order valence-corrected chi connectivity index (χ1v) is 6.22. The van der Waals surface area contributed by atoms with Gasteiger partial charge < -0.3 is 0 Å². The Morgan fingerprint density at radius 2 is 2.29 bits per heavy atom. The number of halogens is 4. The molecule has 94 valence electrons. The van der Waals surface area contributed by atoms with Gasteiger partial charge in [0.05, 0.1) is 0 Å². The van der Waals surface area contributed by atoms with Gasteiger partial charge in [0, 0.05) is 24.2 Å². The smallest absolute Gasteiger partial charge is 0.288 e. The fourth-order valence-electron chi connectivity index (χ4n) is 1.59. The van der Waals surface area contributed by atoms with Crippen molar-refractivity contribution in [2.45, 2.75) is 12.6 Å². The first-order valence-electron chi connectivity index (χ1n) is 4.81. The van der Waals surface area contributed by atoms with Crippen LogP contribution in [-0.2, 0) is 11.0 Å². The van der Waals surface area contributed by atoms with Crippen molar-refractivity contribution in [2.75, 3.05) is 17.3 Å². The Kier molecular flexibility index (Phi) is 3.31. The molecule has 1 fully saturated rings. The molecule has 1 amide bonds. The van der Waals surface area contributed by atoms with Crippen molar-refractivity contribution in [3.05, 3.63) is 11.1 Å². The number of alkyl halides is 4. The van der Waals surface area contributed by atoms with Gasteiger partial charge >= 0.3 is 6.18 Å². The van der Waals surface area contributed by atoms with Gasteiger partial charge in [-0.25, -0.2) is 4.98 Å². The van der Waals surface area contributed by atoms with Gasteiger partial charge in [-0.2, -0.15) is 13.2 Å². The van der Waals surface area contributed by atoms with Crippen molar-refractivity contribution >= 4 is 34.0 Å². The predicted molar refractivity (Wildman–Crippen MR) is 58.3 cm³/mol. The number of carbonyl (C=O) groups is 1. The first kappa shape index (κ1) is 12.6. The maximum Gasteiger partial charge on any atom is 0.434 e. The summed E-state index contributed by atoms with van der Waals surface area (Å²) in [7, 11) is 0. The fraction of sp³-hybridized carbons (Fsp3) is 0.556. The molecule has 1 aromatic heterocycles. The van der Waals surface area contributed by atoms with Crippen molar-refractivity contribution in [3.8, 4) is 0 Å². The van der Waals surface area contributed by atoms with Crippen molar-refractivity contribution in [1.82, 2.24) is 4.98 Å². The Morgan fingerprint density at radius 1 is 1.59 bits per heavy atom. The highest BCUT2D eigenvalue weighted by atomic mass is 35.5. The zero-order valence-corrected chi connectivity index (χ0v) is 10.1. The van der Waals surface area contributed by atoms with Crippen molar-refractivity contribution < 1.29 is 18.0 Å². The maximum absolute atomic E-state index is 12.3. The van der Waals surface area contributed by atoms with Gasteiger partial charge in [-0.3, -0.25) is 9.69 Å². The second kappa shape index (κ2) is 4.45. The van der Waals surface area contributed by atoms with E-state index >= 15 is 0 Å². The number of carbonyl (C=O) groups excluding carboxylic acids is 1. The standard InChI is InChI=1S/C9H8ClF3N2OS/c10-2-5-1-7(16)15(3-5)8-14-6(4-17-8)9(11,12)13/h4-5H,1-3H2. The molecule has 0 bridgehead atoms. The molecule has 0 spiro atoms. The van der Waals surface area contributed by atoms with Crippen LogP contribution >= 0.6 is 22.9 Å². The van der Waals surface area contributed by atoms with Crippen LogP contribution in [0.1, 0.15) is 12.1 Å². The molecule has 1 saturated heterocycles. The minimum absolute atomic E-state index is 0.0117. The number of hydrogen-bond acceptors (Lipinski definition) is 3. The number of amides is 1. The molecule has 0 aromatic carbocycles. The summed E-state index contributed by atoms with van der Waals surface area (Å²) in [5.41, 5.74) is -0.959. The van der Waals surface area contributed by atoms with E-state index in [2.05, 4.69) is 4.98 Å². The average Bonchev–Trinajstić information content (AvgIpc) is 2.82. The van der Waals surface area contributed by atoms with Gasteiger partial charge in [-0.15, -0.1) is 22.9 Å². The predicted octanol–water partition coefficient (Wildman–Crippen LogP) is 2.75. The topological polar surface area (TPSA) is 33.2 Å². The maximum atomic E-state index is 12.3. The summed E-state index contributed by atoms with van der Waals surface area (Å²) in [6, 6.07) is 0. The third-order valence-corrected chi connectivity index (χ3v) is 3.74. The molecule has 1 atom stereocenters. The molecule has 1 aliphatic heterocycles. The Labute approximate surface area is 104 Å². The SMILES string of the molecule is O=C1CC(CCl)CN1c1nc(C(F)(F)F)cs1. The van der Waals surface area contributed by atoms with Crippen LogP contribution in [0, 0.1) is 5.92 Å². The van der Waals surface area contributed by atoms with Crippen LogP contribution in [0.25, 0.3) is 0 Å². The average molecular weight is 285 g/mol.